The van der Waals surface area contributed by atoms with Gasteiger partial charge in [0.2, 0.25) is 0 Å². The van der Waals surface area contributed by atoms with Crippen molar-refractivity contribution in [1.82, 2.24) is 14.9 Å². The first-order chi connectivity index (χ1) is 8.45. The average molecular weight is 272 g/mol. The van der Waals surface area contributed by atoms with E-state index >= 15 is 0 Å². The van der Waals surface area contributed by atoms with Gasteiger partial charge in [-0.1, -0.05) is 18.5 Å². The van der Waals surface area contributed by atoms with Crippen LogP contribution in [0.1, 0.15) is 17.4 Å². The lowest BCUT2D eigenvalue weighted by atomic mass is 10.1. The second-order valence-corrected chi connectivity index (χ2v) is 4.22. The molecule has 1 aromatic heterocycles. The van der Waals surface area contributed by atoms with E-state index in [0.29, 0.717) is 0 Å². The van der Waals surface area contributed by atoms with Crippen molar-refractivity contribution in [2.75, 3.05) is 20.7 Å². The van der Waals surface area contributed by atoms with E-state index in [1.807, 2.05) is 0 Å². The molecule has 0 aromatic carbocycles. The standard InChI is InChI=1S/C11H14ClN3O3/c1-7(11(17)18-3)6-15(2)10(16)8-4-14-9(12)5-13-8/h4-5,7H,6H2,1-3H3. The van der Waals surface area contributed by atoms with Crippen molar-refractivity contribution in [2.24, 2.45) is 5.92 Å². The van der Waals surface area contributed by atoms with E-state index in [1.54, 1.807) is 14.0 Å². The highest BCUT2D eigenvalue weighted by Gasteiger charge is 2.20. The van der Waals surface area contributed by atoms with Crippen molar-refractivity contribution in [3.63, 3.8) is 0 Å². The number of halogens is 1. The topological polar surface area (TPSA) is 72.4 Å². The largest absolute Gasteiger partial charge is 0.469 e. The van der Waals surface area contributed by atoms with Crippen LogP contribution in [-0.2, 0) is 9.53 Å². The lowest BCUT2D eigenvalue weighted by Gasteiger charge is -2.19. The van der Waals surface area contributed by atoms with Gasteiger partial charge in [-0.2, -0.15) is 0 Å². The van der Waals surface area contributed by atoms with Gasteiger partial charge in [-0.15, -0.1) is 0 Å². The van der Waals surface area contributed by atoms with E-state index in [2.05, 4.69) is 14.7 Å². The molecular weight excluding hydrogens is 258 g/mol. The normalized spacial score (nSPS) is 11.8. The summed E-state index contributed by atoms with van der Waals surface area (Å²) in [5.74, 6) is -1.09. The zero-order chi connectivity index (χ0) is 13.7. The average Bonchev–Trinajstić information content (AvgIpc) is 2.37. The van der Waals surface area contributed by atoms with Gasteiger partial charge in [-0.25, -0.2) is 9.97 Å². The van der Waals surface area contributed by atoms with Gasteiger partial charge in [0.25, 0.3) is 5.91 Å². The molecule has 1 unspecified atom stereocenters. The van der Waals surface area contributed by atoms with Gasteiger partial charge in [0.05, 0.1) is 25.4 Å². The Morgan fingerprint density at radius 1 is 1.44 bits per heavy atom. The molecule has 0 saturated carbocycles. The number of aromatic nitrogens is 2. The van der Waals surface area contributed by atoms with Crippen molar-refractivity contribution >= 4 is 23.5 Å². The summed E-state index contributed by atoms with van der Waals surface area (Å²) in [4.78, 5) is 32.2. The van der Waals surface area contributed by atoms with Crippen molar-refractivity contribution in [2.45, 2.75) is 6.92 Å². The zero-order valence-corrected chi connectivity index (χ0v) is 11.1. The monoisotopic (exact) mass is 271 g/mol. The van der Waals surface area contributed by atoms with Crippen LogP contribution in [0.3, 0.4) is 0 Å². The fraction of sp³-hybridized carbons (Fsp3) is 0.455. The summed E-state index contributed by atoms with van der Waals surface area (Å²) in [6, 6.07) is 0. The number of hydrogen-bond donors (Lipinski definition) is 0. The van der Waals surface area contributed by atoms with Gasteiger partial charge in [0.1, 0.15) is 10.8 Å². The van der Waals surface area contributed by atoms with E-state index in [-0.39, 0.29) is 29.3 Å². The number of methoxy groups -OCH3 is 1. The molecule has 98 valence electrons. The molecule has 0 aliphatic carbocycles. The van der Waals surface area contributed by atoms with Crippen LogP contribution < -0.4 is 0 Å². The molecule has 0 bridgehead atoms. The van der Waals surface area contributed by atoms with Crippen molar-refractivity contribution in [1.29, 1.82) is 0 Å². The molecule has 0 fully saturated rings. The van der Waals surface area contributed by atoms with Crippen LogP contribution in [0.5, 0.6) is 0 Å². The third-order valence-electron chi connectivity index (χ3n) is 2.34. The lowest BCUT2D eigenvalue weighted by Crippen LogP contribution is -2.34. The highest BCUT2D eigenvalue weighted by atomic mass is 35.5. The maximum absolute atomic E-state index is 11.9. The maximum Gasteiger partial charge on any atom is 0.310 e. The number of nitrogens with zero attached hydrogens (tertiary/aromatic N) is 3. The first-order valence-corrected chi connectivity index (χ1v) is 5.64. The molecule has 7 heteroatoms. The summed E-state index contributed by atoms with van der Waals surface area (Å²) in [6.07, 6.45) is 2.59. The number of ether oxygens (including phenoxy) is 1. The third kappa shape index (κ3) is 3.66. The molecule has 6 nitrogen and oxygen atoms in total. The second-order valence-electron chi connectivity index (χ2n) is 3.83. The minimum atomic E-state index is -0.399. The van der Waals surface area contributed by atoms with E-state index in [9.17, 15) is 9.59 Å². The highest BCUT2D eigenvalue weighted by molar-refractivity contribution is 6.29. The minimum Gasteiger partial charge on any atom is -0.469 e. The number of hydrogen-bond acceptors (Lipinski definition) is 5. The fourth-order valence-corrected chi connectivity index (χ4v) is 1.49. The van der Waals surface area contributed by atoms with Crippen LogP contribution in [0.4, 0.5) is 0 Å². The van der Waals surface area contributed by atoms with Crippen molar-refractivity contribution < 1.29 is 14.3 Å². The minimum absolute atomic E-state index is 0.180. The van der Waals surface area contributed by atoms with Crippen LogP contribution in [0, 0.1) is 5.92 Å². The fourth-order valence-electron chi connectivity index (χ4n) is 1.39. The number of rotatable bonds is 4. The van der Waals surface area contributed by atoms with Crippen LogP contribution in [0.2, 0.25) is 5.15 Å². The van der Waals surface area contributed by atoms with Crippen LogP contribution in [0.25, 0.3) is 0 Å². The predicted molar refractivity (Wildman–Crippen MR) is 65.2 cm³/mol. The summed E-state index contributed by atoms with van der Waals surface area (Å²) >= 11 is 5.58. The third-order valence-corrected chi connectivity index (χ3v) is 2.53. The molecular formula is C11H14ClN3O3. The van der Waals surface area contributed by atoms with Gasteiger partial charge in [-0.3, -0.25) is 9.59 Å². The Labute approximate surface area is 110 Å². The van der Waals surface area contributed by atoms with Gasteiger partial charge in [0, 0.05) is 13.6 Å². The van der Waals surface area contributed by atoms with E-state index < -0.39 is 5.92 Å². The number of carbonyl (C=O) groups excluding carboxylic acids is 2. The zero-order valence-electron chi connectivity index (χ0n) is 10.4. The van der Waals surface area contributed by atoms with Crippen LogP contribution in [0.15, 0.2) is 12.4 Å². The second kappa shape index (κ2) is 6.30. The molecule has 0 aliphatic rings. The van der Waals surface area contributed by atoms with Gasteiger partial charge >= 0.3 is 5.97 Å². The van der Waals surface area contributed by atoms with Gasteiger partial charge in [-0.05, 0) is 0 Å². The first kappa shape index (κ1) is 14.4. The number of carbonyl (C=O) groups is 2. The molecule has 1 rings (SSSR count). The van der Waals surface area contributed by atoms with E-state index in [4.69, 9.17) is 11.6 Å². The van der Waals surface area contributed by atoms with E-state index in [1.165, 1.54) is 24.4 Å². The lowest BCUT2D eigenvalue weighted by molar-refractivity contribution is -0.145. The molecule has 1 amide bonds. The molecule has 0 radical (unpaired) electrons. The van der Waals surface area contributed by atoms with Crippen LogP contribution >= 0.6 is 11.6 Å². The Morgan fingerprint density at radius 2 is 2.11 bits per heavy atom. The Hall–Kier alpha value is -1.69. The summed E-state index contributed by atoms with van der Waals surface area (Å²) in [5, 5.41) is 0.220. The molecule has 18 heavy (non-hydrogen) atoms. The number of esters is 1. The van der Waals surface area contributed by atoms with Gasteiger partial charge < -0.3 is 9.64 Å². The highest BCUT2D eigenvalue weighted by Crippen LogP contribution is 2.06. The smallest absolute Gasteiger partial charge is 0.310 e. The first-order valence-electron chi connectivity index (χ1n) is 5.26. The Morgan fingerprint density at radius 3 is 2.61 bits per heavy atom. The van der Waals surface area contributed by atoms with Crippen LogP contribution in [-0.4, -0.2) is 47.4 Å². The molecule has 1 aromatic rings. The Balaban J connectivity index is 2.67. The SMILES string of the molecule is COC(=O)C(C)CN(C)C(=O)c1cnc(Cl)cn1. The summed E-state index contributed by atoms with van der Waals surface area (Å²) in [5.41, 5.74) is 0.180. The predicted octanol–water partition coefficient (Wildman–Crippen LogP) is 1.01. The summed E-state index contributed by atoms with van der Waals surface area (Å²) in [7, 11) is 2.89. The Kier molecular flexibility index (Phi) is 5.03. The quantitative estimate of drug-likeness (QED) is 0.764. The summed E-state index contributed by atoms with van der Waals surface area (Å²) < 4.78 is 4.59. The van der Waals surface area contributed by atoms with Crippen molar-refractivity contribution in [3.8, 4) is 0 Å². The molecule has 1 heterocycles. The summed E-state index contributed by atoms with van der Waals surface area (Å²) in [6.45, 7) is 1.93. The molecule has 0 N–H and O–H groups in total. The molecule has 1 atom stereocenters. The Bertz CT molecular complexity index is 436. The number of amides is 1. The molecule has 0 aliphatic heterocycles. The van der Waals surface area contributed by atoms with E-state index in [0.717, 1.165) is 0 Å². The molecule has 0 saturated heterocycles. The van der Waals surface area contributed by atoms with Crippen molar-refractivity contribution in [3.05, 3.63) is 23.2 Å². The maximum atomic E-state index is 11.9. The molecule has 0 spiro atoms. The van der Waals surface area contributed by atoms with Gasteiger partial charge in [0.15, 0.2) is 0 Å².